The maximum atomic E-state index is 8.91. The number of nitrogens with one attached hydrogen (secondary N) is 1. The van der Waals surface area contributed by atoms with E-state index in [2.05, 4.69) is 22.0 Å². The second-order valence-electron chi connectivity index (χ2n) is 5.82. The Morgan fingerprint density at radius 2 is 1.84 bits per heavy atom. The summed E-state index contributed by atoms with van der Waals surface area (Å²) in [6.07, 6.45) is 2.03. The SMILES string of the molecule is N#Cc1ccc(-n2cccc2CNCc2ccc3c(c2)OCO3)cc1. The molecule has 4 rings (SSSR count). The number of fused-ring (bicyclic) bond motifs is 1. The fourth-order valence-electron chi connectivity index (χ4n) is 2.89. The van der Waals surface area contributed by atoms with Gasteiger partial charge in [0.2, 0.25) is 6.79 Å². The van der Waals surface area contributed by atoms with Crippen LogP contribution in [-0.2, 0) is 13.1 Å². The molecular weight excluding hydrogens is 314 g/mol. The standard InChI is InChI=1S/C20H17N3O2/c21-11-15-3-6-17(7-4-15)23-9-1-2-18(23)13-22-12-16-5-8-19-20(10-16)25-14-24-19/h1-10,22H,12-14H2. The maximum Gasteiger partial charge on any atom is 0.231 e. The summed E-state index contributed by atoms with van der Waals surface area (Å²) in [5.74, 6) is 1.61. The Labute approximate surface area is 146 Å². The number of hydrogen-bond donors (Lipinski definition) is 1. The summed E-state index contributed by atoms with van der Waals surface area (Å²) in [6.45, 7) is 1.78. The lowest BCUT2D eigenvalue weighted by Crippen LogP contribution is -2.15. The Kier molecular flexibility index (Phi) is 4.11. The number of ether oxygens (including phenoxy) is 2. The third kappa shape index (κ3) is 3.21. The molecule has 0 bridgehead atoms. The van der Waals surface area contributed by atoms with Gasteiger partial charge in [0.05, 0.1) is 11.6 Å². The zero-order valence-electron chi connectivity index (χ0n) is 13.6. The van der Waals surface area contributed by atoms with E-state index in [0.29, 0.717) is 12.4 Å². The van der Waals surface area contributed by atoms with Crippen molar-refractivity contribution in [1.29, 1.82) is 5.26 Å². The van der Waals surface area contributed by atoms with Gasteiger partial charge in [0.15, 0.2) is 11.5 Å². The average molecular weight is 331 g/mol. The third-order valence-electron chi connectivity index (χ3n) is 4.18. The number of hydrogen-bond acceptors (Lipinski definition) is 4. The highest BCUT2D eigenvalue weighted by Gasteiger charge is 2.13. The lowest BCUT2D eigenvalue weighted by Gasteiger charge is -2.11. The molecule has 2 heterocycles. The molecule has 0 unspecified atom stereocenters. The minimum Gasteiger partial charge on any atom is -0.454 e. The monoisotopic (exact) mass is 331 g/mol. The smallest absolute Gasteiger partial charge is 0.231 e. The molecule has 5 heteroatoms. The molecule has 0 radical (unpaired) electrons. The van der Waals surface area contributed by atoms with E-state index in [1.54, 1.807) is 0 Å². The summed E-state index contributed by atoms with van der Waals surface area (Å²) in [4.78, 5) is 0. The normalized spacial score (nSPS) is 12.1. The molecule has 5 nitrogen and oxygen atoms in total. The second kappa shape index (κ2) is 6.71. The number of rotatable bonds is 5. The van der Waals surface area contributed by atoms with Gasteiger partial charge in [-0.2, -0.15) is 5.26 Å². The number of nitriles is 1. The van der Waals surface area contributed by atoms with Gasteiger partial charge >= 0.3 is 0 Å². The molecule has 0 spiro atoms. The summed E-state index contributed by atoms with van der Waals surface area (Å²) >= 11 is 0. The highest BCUT2D eigenvalue weighted by atomic mass is 16.7. The molecule has 1 aliphatic rings. The first-order valence-electron chi connectivity index (χ1n) is 8.09. The van der Waals surface area contributed by atoms with E-state index in [0.717, 1.165) is 41.5 Å². The fraction of sp³-hybridized carbons (Fsp3) is 0.150. The molecule has 0 amide bonds. The number of benzene rings is 2. The van der Waals surface area contributed by atoms with Crippen LogP contribution in [0.4, 0.5) is 0 Å². The van der Waals surface area contributed by atoms with Gasteiger partial charge in [-0.05, 0) is 54.1 Å². The van der Waals surface area contributed by atoms with Crippen molar-refractivity contribution in [2.24, 2.45) is 0 Å². The summed E-state index contributed by atoms with van der Waals surface area (Å²) in [5.41, 5.74) is 4.02. The van der Waals surface area contributed by atoms with E-state index in [9.17, 15) is 0 Å². The zero-order chi connectivity index (χ0) is 17.1. The Morgan fingerprint density at radius 3 is 2.68 bits per heavy atom. The van der Waals surface area contributed by atoms with Gasteiger partial charge < -0.3 is 19.4 Å². The van der Waals surface area contributed by atoms with Crippen LogP contribution in [0.2, 0.25) is 0 Å². The highest BCUT2D eigenvalue weighted by Crippen LogP contribution is 2.32. The molecule has 124 valence electrons. The molecule has 0 fully saturated rings. The Balaban J connectivity index is 1.42. The first kappa shape index (κ1) is 15.3. The van der Waals surface area contributed by atoms with Gasteiger partial charge in [0.1, 0.15) is 0 Å². The van der Waals surface area contributed by atoms with Gasteiger partial charge in [-0.15, -0.1) is 0 Å². The van der Waals surface area contributed by atoms with Crippen LogP contribution >= 0.6 is 0 Å². The zero-order valence-corrected chi connectivity index (χ0v) is 13.6. The third-order valence-corrected chi connectivity index (χ3v) is 4.18. The largest absolute Gasteiger partial charge is 0.454 e. The van der Waals surface area contributed by atoms with Gasteiger partial charge in [-0.25, -0.2) is 0 Å². The summed E-state index contributed by atoms with van der Waals surface area (Å²) < 4.78 is 12.9. The maximum absolute atomic E-state index is 8.91. The molecule has 1 N–H and O–H groups in total. The molecule has 0 aliphatic carbocycles. The van der Waals surface area contributed by atoms with Crippen molar-refractivity contribution in [3.63, 3.8) is 0 Å². The predicted molar refractivity (Wildman–Crippen MR) is 93.6 cm³/mol. The molecule has 3 aromatic rings. The van der Waals surface area contributed by atoms with Crippen LogP contribution in [0, 0.1) is 11.3 Å². The minimum absolute atomic E-state index is 0.296. The van der Waals surface area contributed by atoms with Gasteiger partial charge in [-0.1, -0.05) is 6.07 Å². The topological polar surface area (TPSA) is 59.2 Å². The first-order chi connectivity index (χ1) is 12.3. The molecular formula is C20H17N3O2. The van der Waals surface area contributed by atoms with Crippen molar-refractivity contribution in [2.75, 3.05) is 6.79 Å². The van der Waals surface area contributed by atoms with Crippen LogP contribution in [-0.4, -0.2) is 11.4 Å². The molecule has 25 heavy (non-hydrogen) atoms. The van der Waals surface area contributed by atoms with Crippen molar-refractivity contribution in [1.82, 2.24) is 9.88 Å². The van der Waals surface area contributed by atoms with Crippen LogP contribution in [0.5, 0.6) is 11.5 Å². The van der Waals surface area contributed by atoms with E-state index >= 15 is 0 Å². The Bertz CT molecular complexity index is 923. The number of nitrogens with zero attached hydrogens (tertiary/aromatic N) is 2. The quantitative estimate of drug-likeness (QED) is 0.779. The Hall–Kier alpha value is -3.23. The molecule has 1 aliphatic heterocycles. The molecule has 2 aromatic carbocycles. The summed E-state index contributed by atoms with van der Waals surface area (Å²) in [6, 6.07) is 19.8. The van der Waals surface area contributed by atoms with Crippen molar-refractivity contribution in [2.45, 2.75) is 13.1 Å². The summed E-state index contributed by atoms with van der Waals surface area (Å²) in [5, 5.41) is 12.4. The van der Waals surface area contributed by atoms with Crippen molar-refractivity contribution < 1.29 is 9.47 Å². The van der Waals surface area contributed by atoms with Crippen molar-refractivity contribution in [3.05, 3.63) is 77.6 Å². The molecule has 0 saturated heterocycles. The minimum atomic E-state index is 0.296. The van der Waals surface area contributed by atoms with E-state index in [1.165, 1.54) is 0 Å². The van der Waals surface area contributed by atoms with Crippen molar-refractivity contribution >= 4 is 0 Å². The molecule has 0 saturated carbocycles. The van der Waals surface area contributed by atoms with E-state index in [1.807, 2.05) is 54.7 Å². The first-order valence-corrected chi connectivity index (χ1v) is 8.09. The fourth-order valence-corrected chi connectivity index (χ4v) is 2.89. The van der Waals surface area contributed by atoms with Crippen LogP contribution in [0.15, 0.2) is 60.8 Å². The van der Waals surface area contributed by atoms with Crippen LogP contribution in [0.25, 0.3) is 5.69 Å². The summed E-state index contributed by atoms with van der Waals surface area (Å²) in [7, 11) is 0. The van der Waals surface area contributed by atoms with Crippen LogP contribution < -0.4 is 14.8 Å². The van der Waals surface area contributed by atoms with Crippen LogP contribution in [0.1, 0.15) is 16.8 Å². The average Bonchev–Trinajstić information content (AvgIpc) is 3.30. The highest BCUT2D eigenvalue weighted by molar-refractivity contribution is 5.44. The van der Waals surface area contributed by atoms with E-state index < -0.39 is 0 Å². The van der Waals surface area contributed by atoms with E-state index in [4.69, 9.17) is 14.7 Å². The van der Waals surface area contributed by atoms with Crippen molar-refractivity contribution in [3.8, 4) is 23.3 Å². The molecule has 1 aromatic heterocycles. The predicted octanol–water partition coefficient (Wildman–Crippen LogP) is 3.37. The second-order valence-corrected chi connectivity index (χ2v) is 5.82. The van der Waals surface area contributed by atoms with Gasteiger partial charge in [-0.3, -0.25) is 0 Å². The van der Waals surface area contributed by atoms with Crippen LogP contribution in [0.3, 0.4) is 0 Å². The number of aromatic nitrogens is 1. The Morgan fingerprint density at radius 1 is 1.00 bits per heavy atom. The molecule has 0 atom stereocenters. The van der Waals surface area contributed by atoms with Gasteiger partial charge in [0.25, 0.3) is 0 Å². The van der Waals surface area contributed by atoms with E-state index in [-0.39, 0.29) is 0 Å². The van der Waals surface area contributed by atoms with Gasteiger partial charge in [0, 0.05) is 30.7 Å². The lowest BCUT2D eigenvalue weighted by molar-refractivity contribution is 0.174. The lowest BCUT2D eigenvalue weighted by atomic mass is 10.2.